The monoisotopic (exact) mass is 290 g/mol. The Kier molecular flexibility index (Phi) is 6.27. The molecule has 1 fully saturated rings. The third kappa shape index (κ3) is 5.18. The van der Waals surface area contributed by atoms with Crippen LogP contribution in [0.4, 0.5) is 4.79 Å². The fourth-order valence-electron chi connectivity index (χ4n) is 1.99. The van der Waals surface area contributed by atoms with Crippen LogP contribution in [0.1, 0.15) is 26.7 Å². The van der Waals surface area contributed by atoms with E-state index in [0.717, 1.165) is 0 Å². The smallest absolute Gasteiger partial charge is 0.320 e. The van der Waals surface area contributed by atoms with Gasteiger partial charge in [0, 0.05) is 54.4 Å². The summed E-state index contributed by atoms with van der Waals surface area (Å²) in [6.07, 6.45) is 0.527. The van der Waals surface area contributed by atoms with Gasteiger partial charge in [-0.1, -0.05) is 0 Å². The van der Waals surface area contributed by atoms with Crippen molar-refractivity contribution in [3.05, 3.63) is 0 Å². The molecule has 0 aromatic rings. The number of hydrogen-bond acceptors (Lipinski definition) is 3. The first kappa shape index (κ1) is 15.9. The SMILES string of the molecule is CC(C)N(CCCC(=O)O)C(=O)N1CCS(=O)CC1. The van der Waals surface area contributed by atoms with Crippen molar-refractivity contribution in [2.24, 2.45) is 0 Å². The summed E-state index contributed by atoms with van der Waals surface area (Å²) in [5, 5.41) is 8.63. The topological polar surface area (TPSA) is 77.9 Å². The number of carbonyl (C=O) groups excluding carboxylic acids is 1. The van der Waals surface area contributed by atoms with E-state index in [4.69, 9.17) is 5.11 Å². The van der Waals surface area contributed by atoms with Crippen LogP contribution in [0.3, 0.4) is 0 Å². The van der Waals surface area contributed by atoms with Crippen molar-refractivity contribution in [3.63, 3.8) is 0 Å². The summed E-state index contributed by atoms with van der Waals surface area (Å²) < 4.78 is 11.3. The highest BCUT2D eigenvalue weighted by Crippen LogP contribution is 2.10. The Morgan fingerprint density at radius 1 is 1.32 bits per heavy atom. The highest BCUT2D eigenvalue weighted by molar-refractivity contribution is 7.85. The molecule has 7 heteroatoms. The summed E-state index contributed by atoms with van der Waals surface area (Å²) in [6, 6.07) is -0.0363. The van der Waals surface area contributed by atoms with Gasteiger partial charge in [-0.25, -0.2) is 4.79 Å². The Morgan fingerprint density at radius 3 is 2.37 bits per heavy atom. The molecule has 0 aromatic carbocycles. The summed E-state index contributed by atoms with van der Waals surface area (Å²) in [6.45, 7) is 5.32. The Balaban J connectivity index is 2.52. The van der Waals surface area contributed by atoms with Crippen LogP contribution >= 0.6 is 0 Å². The Bertz CT molecular complexity index is 350. The summed E-state index contributed by atoms with van der Waals surface area (Å²) in [4.78, 5) is 26.2. The van der Waals surface area contributed by atoms with Gasteiger partial charge in [-0.3, -0.25) is 9.00 Å². The predicted molar refractivity (Wildman–Crippen MR) is 73.6 cm³/mol. The van der Waals surface area contributed by atoms with Crippen LogP contribution in [0, 0.1) is 0 Å². The summed E-state index contributed by atoms with van der Waals surface area (Å²) in [7, 11) is -0.803. The molecule has 110 valence electrons. The van der Waals surface area contributed by atoms with Crippen LogP contribution in [0.25, 0.3) is 0 Å². The van der Waals surface area contributed by atoms with Crippen molar-refractivity contribution >= 4 is 22.8 Å². The van der Waals surface area contributed by atoms with Gasteiger partial charge in [0.1, 0.15) is 0 Å². The minimum absolute atomic E-state index is 0.0359. The number of urea groups is 1. The minimum Gasteiger partial charge on any atom is -0.481 e. The first-order valence-corrected chi connectivity index (χ1v) is 8.03. The number of rotatable bonds is 5. The van der Waals surface area contributed by atoms with Gasteiger partial charge in [0.05, 0.1) is 0 Å². The second-order valence-electron chi connectivity index (χ2n) is 4.90. The zero-order valence-corrected chi connectivity index (χ0v) is 12.3. The van der Waals surface area contributed by atoms with Crippen LogP contribution < -0.4 is 0 Å². The number of carboxylic acid groups (broad SMARTS) is 1. The lowest BCUT2D eigenvalue weighted by Crippen LogP contribution is -2.51. The van der Waals surface area contributed by atoms with Gasteiger partial charge >= 0.3 is 12.0 Å². The van der Waals surface area contributed by atoms with Gasteiger partial charge in [-0.05, 0) is 20.3 Å². The fraction of sp³-hybridized carbons (Fsp3) is 0.833. The van der Waals surface area contributed by atoms with Crippen LogP contribution in [-0.4, -0.2) is 68.3 Å². The molecule has 1 N–H and O–H groups in total. The summed E-state index contributed by atoms with van der Waals surface area (Å²) in [5.41, 5.74) is 0. The first-order chi connectivity index (χ1) is 8.91. The van der Waals surface area contributed by atoms with E-state index in [1.807, 2.05) is 13.8 Å². The molecule has 2 amide bonds. The summed E-state index contributed by atoms with van der Waals surface area (Å²) in [5.74, 6) is 0.226. The van der Waals surface area contributed by atoms with Crippen LogP contribution in [0.15, 0.2) is 0 Å². The van der Waals surface area contributed by atoms with Crippen LogP contribution in [-0.2, 0) is 15.6 Å². The Hall–Kier alpha value is -1.11. The molecule has 6 nitrogen and oxygen atoms in total. The molecule has 0 aliphatic carbocycles. The third-order valence-electron chi connectivity index (χ3n) is 3.11. The molecule has 1 rings (SSSR count). The van der Waals surface area contributed by atoms with E-state index in [1.165, 1.54) is 0 Å². The number of hydrogen-bond donors (Lipinski definition) is 1. The molecular weight excluding hydrogens is 268 g/mol. The lowest BCUT2D eigenvalue weighted by Gasteiger charge is -2.35. The molecular formula is C12H22N2O4S. The van der Waals surface area contributed by atoms with Crippen molar-refractivity contribution in [2.45, 2.75) is 32.7 Å². The molecule has 1 saturated heterocycles. The average Bonchev–Trinajstić information content (AvgIpc) is 2.34. The number of carbonyl (C=O) groups is 2. The molecule has 1 aliphatic heterocycles. The predicted octanol–water partition coefficient (Wildman–Crippen LogP) is 0.746. The maximum Gasteiger partial charge on any atom is 0.320 e. The summed E-state index contributed by atoms with van der Waals surface area (Å²) >= 11 is 0. The maximum absolute atomic E-state index is 12.3. The fourth-order valence-corrected chi connectivity index (χ4v) is 3.04. The second kappa shape index (κ2) is 7.47. The van der Waals surface area contributed by atoms with Crippen molar-refractivity contribution in [3.8, 4) is 0 Å². The average molecular weight is 290 g/mol. The van der Waals surface area contributed by atoms with Gasteiger partial charge in [0.15, 0.2) is 0 Å². The standard InChI is InChI=1S/C12H22N2O4S/c1-10(2)14(5-3-4-11(15)16)12(17)13-6-8-19(18)9-7-13/h10H,3-9H2,1-2H3,(H,15,16). The van der Waals surface area contributed by atoms with E-state index < -0.39 is 16.8 Å². The molecule has 0 spiro atoms. The zero-order valence-electron chi connectivity index (χ0n) is 11.5. The van der Waals surface area contributed by atoms with Gasteiger partial charge in [-0.2, -0.15) is 0 Å². The van der Waals surface area contributed by atoms with E-state index in [9.17, 15) is 13.8 Å². The zero-order chi connectivity index (χ0) is 14.4. The maximum atomic E-state index is 12.3. The molecule has 0 unspecified atom stereocenters. The van der Waals surface area contributed by atoms with Crippen molar-refractivity contribution in [1.29, 1.82) is 0 Å². The lowest BCUT2D eigenvalue weighted by atomic mass is 10.2. The van der Waals surface area contributed by atoms with Crippen molar-refractivity contribution < 1.29 is 18.9 Å². The number of aliphatic carboxylic acids is 1. The van der Waals surface area contributed by atoms with Gasteiger partial charge in [0.25, 0.3) is 0 Å². The van der Waals surface area contributed by atoms with Crippen molar-refractivity contribution in [2.75, 3.05) is 31.1 Å². The van der Waals surface area contributed by atoms with Crippen LogP contribution in [0.5, 0.6) is 0 Å². The minimum atomic E-state index is -0.843. The van der Waals surface area contributed by atoms with Gasteiger partial charge in [-0.15, -0.1) is 0 Å². The molecule has 1 heterocycles. The number of nitrogens with zero attached hydrogens (tertiary/aromatic N) is 2. The Morgan fingerprint density at radius 2 is 1.89 bits per heavy atom. The number of amides is 2. The highest BCUT2D eigenvalue weighted by Gasteiger charge is 2.26. The molecule has 0 bridgehead atoms. The molecule has 0 saturated carbocycles. The number of carboxylic acids is 1. The van der Waals surface area contributed by atoms with E-state index in [-0.39, 0.29) is 18.5 Å². The van der Waals surface area contributed by atoms with E-state index in [0.29, 0.717) is 37.6 Å². The van der Waals surface area contributed by atoms with E-state index in [2.05, 4.69) is 0 Å². The van der Waals surface area contributed by atoms with E-state index >= 15 is 0 Å². The molecule has 19 heavy (non-hydrogen) atoms. The Labute approximate surface area is 116 Å². The molecule has 1 aliphatic rings. The molecule has 0 atom stereocenters. The largest absolute Gasteiger partial charge is 0.481 e. The first-order valence-electron chi connectivity index (χ1n) is 6.54. The van der Waals surface area contributed by atoms with Crippen molar-refractivity contribution in [1.82, 2.24) is 9.80 Å². The second-order valence-corrected chi connectivity index (χ2v) is 6.60. The van der Waals surface area contributed by atoms with Gasteiger partial charge in [0.2, 0.25) is 0 Å². The van der Waals surface area contributed by atoms with E-state index in [1.54, 1.807) is 9.80 Å². The van der Waals surface area contributed by atoms with Crippen LogP contribution in [0.2, 0.25) is 0 Å². The normalized spacial score (nSPS) is 16.7. The van der Waals surface area contributed by atoms with Gasteiger partial charge < -0.3 is 14.9 Å². The highest BCUT2D eigenvalue weighted by atomic mass is 32.2. The quantitative estimate of drug-likeness (QED) is 0.810. The third-order valence-corrected chi connectivity index (χ3v) is 4.38. The lowest BCUT2D eigenvalue weighted by molar-refractivity contribution is -0.137. The molecule has 0 aromatic heterocycles. The molecule has 0 radical (unpaired) electrons.